The van der Waals surface area contributed by atoms with Gasteiger partial charge in [0, 0.05) is 87.1 Å². The Labute approximate surface area is 353 Å². The maximum Gasteiger partial charge on any atom is 0.229 e. The number of aryl methyl sites for hydroxylation is 1. The molecule has 1 aromatic heterocycles. The van der Waals surface area contributed by atoms with Crippen molar-refractivity contribution in [2.24, 2.45) is 0 Å². The summed E-state index contributed by atoms with van der Waals surface area (Å²) >= 11 is 6.50. The summed E-state index contributed by atoms with van der Waals surface area (Å²) < 4.78 is 18.8. The average Bonchev–Trinajstić information content (AvgIpc) is 3.65. The number of halogens is 1. The number of hydrogen-bond donors (Lipinski definition) is 3. The highest BCUT2D eigenvalue weighted by atomic mass is 35.5. The van der Waals surface area contributed by atoms with Crippen LogP contribution in [0.25, 0.3) is 5.70 Å². The van der Waals surface area contributed by atoms with Crippen molar-refractivity contribution in [2.75, 3.05) is 94.9 Å². The lowest BCUT2D eigenvalue weighted by Gasteiger charge is -2.43. The van der Waals surface area contributed by atoms with Crippen LogP contribution in [0, 0.1) is 0 Å². The van der Waals surface area contributed by atoms with Crippen LogP contribution in [0.2, 0.25) is 5.02 Å². The van der Waals surface area contributed by atoms with Crippen LogP contribution in [-0.4, -0.2) is 122 Å². The summed E-state index contributed by atoms with van der Waals surface area (Å²) in [4.78, 5) is 31.3. The Morgan fingerprint density at radius 3 is 2.51 bits per heavy atom. The van der Waals surface area contributed by atoms with Crippen molar-refractivity contribution in [1.82, 2.24) is 30.0 Å². The highest BCUT2D eigenvalue weighted by molar-refractivity contribution is 7.70. The van der Waals surface area contributed by atoms with Crippen molar-refractivity contribution in [3.8, 4) is 5.75 Å². The smallest absolute Gasteiger partial charge is 0.229 e. The zero-order chi connectivity index (χ0) is 40.9. The minimum atomic E-state index is -2.53. The van der Waals surface area contributed by atoms with Crippen molar-refractivity contribution in [1.29, 1.82) is 0 Å². The molecule has 0 bridgehead atoms. The number of methoxy groups -OCH3 is 1. The predicted octanol–water partition coefficient (Wildman–Crippen LogP) is 6.83. The molecule has 0 aliphatic carbocycles. The van der Waals surface area contributed by atoms with Crippen LogP contribution in [0.1, 0.15) is 48.8 Å². The Hall–Kier alpha value is -4.41. The van der Waals surface area contributed by atoms with Gasteiger partial charge in [0.05, 0.1) is 24.7 Å². The van der Waals surface area contributed by atoms with E-state index in [9.17, 15) is 9.36 Å². The number of piperazine rings is 1. The van der Waals surface area contributed by atoms with Gasteiger partial charge < -0.3 is 40.0 Å². The van der Waals surface area contributed by atoms with Crippen LogP contribution >= 0.6 is 18.7 Å². The Bertz CT molecular complexity index is 2210. The van der Waals surface area contributed by atoms with Crippen molar-refractivity contribution in [2.45, 2.75) is 57.2 Å². The predicted molar refractivity (Wildman–Crippen MR) is 241 cm³/mol. The van der Waals surface area contributed by atoms with Crippen molar-refractivity contribution in [3.05, 3.63) is 88.6 Å². The second-order valence-electron chi connectivity index (χ2n) is 16.6. The fourth-order valence-electron chi connectivity index (χ4n) is 9.33. The van der Waals surface area contributed by atoms with Gasteiger partial charge in [-0.3, -0.25) is 4.90 Å². The van der Waals surface area contributed by atoms with Gasteiger partial charge in [-0.15, -0.1) is 0 Å². The van der Waals surface area contributed by atoms with E-state index in [0.717, 1.165) is 132 Å². The maximum atomic E-state index is 12.9. The second-order valence-corrected chi connectivity index (χ2v) is 20.2. The van der Waals surface area contributed by atoms with Gasteiger partial charge in [0.25, 0.3) is 0 Å². The topological polar surface area (TPSA) is 118 Å². The maximum absolute atomic E-state index is 12.9. The summed E-state index contributed by atoms with van der Waals surface area (Å²) in [5.41, 5.74) is 7.15. The van der Waals surface area contributed by atoms with E-state index in [0.29, 0.717) is 40.3 Å². The molecule has 5 heterocycles. The number of ether oxygens (including phenoxy) is 1. The fraction of sp³-hybridized carbons (Fsp3) is 0.467. The van der Waals surface area contributed by atoms with Gasteiger partial charge in [-0.25, -0.2) is 9.78 Å². The molecule has 3 N–H and O–H groups in total. The number of fused-ring (bicyclic) bond motifs is 1. The highest BCUT2D eigenvalue weighted by Crippen LogP contribution is 2.40. The number of para-hydroxylation sites is 1. The lowest BCUT2D eigenvalue weighted by molar-refractivity contribution is 0.0843. The first-order valence-electron chi connectivity index (χ1n) is 21.1. The molecule has 1 unspecified atom stereocenters. The van der Waals surface area contributed by atoms with E-state index in [1.54, 1.807) is 26.6 Å². The minimum Gasteiger partial charge on any atom is -0.494 e. The molecule has 4 aliphatic rings. The van der Waals surface area contributed by atoms with Gasteiger partial charge >= 0.3 is 0 Å². The van der Waals surface area contributed by atoms with E-state index in [1.165, 1.54) is 11.1 Å². The van der Waals surface area contributed by atoms with Crippen LogP contribution in [0.4, 0.5) is 28.8 Å². The molecule has 0 spiro atoms. The monoisotopic (exact) mass is 837 g/mol. The molecule has 4 aliphatic heterocycles. The first-order chi connectivity index (χ1) is 28.7. The van der Waals surface area contributed by atoms with Gasteiger partial charge in [-0.2, -0.15) is 4.98 Å². The molecular formula is C45H57ClN9O3P. The molecular weight excluding hydrogens is 781 g/mol. The zero-order valence-corrected chi connectivity index (χ0v) is 36.2. The Balaban J connectivity index is 0.804. The van der Waals surface area contributed by atoms with Gasteiger partial charge in [-0.05, 0) is 100 Å². The van der Waals surface area contributed by atoms with Crippen LogP contribution in [-0.2, 0) is 22.3 Å². The van der Waals surface area contributed by atoms with Gasteiger partial charge in [-0.1, -0.05) is 41.9 Å². The third-order valence-electron chi connectivity index (χ3n) is 12.5. The summed E-state index contributed by atoms with van der Waals surface area (Å²) in [7, 11) is -0.858. The molecule has 312 valence electrons. The van der Waals surface area contributed by atoms with E-state index in [2.05, 4.69) is 81.8 Å². The Morgan fingerprint density at radius 1 is 0.949 bits per heavy atom. The number of piperidine rings is 2. The van der Waals surface area contributed by atoms with E-state index in [4.69, 9.17) is 16.3 Å². The molecule has 3 saturated heterocycles. The lowest BCUT2D eigenvalue weighted by atomic mass is 9.98. The van der Waals surface area contributed by atoms with E-state index >= 15 is 0 Å². The number of nitrogens with one attached hydrogen (secondary N) is 3. The van der Waals surface area contributed by atoms with Crippen LogP contribution in [0.5, 0.6) is 5.75 Å². The number of aromatic nitrogens is 2. The quantitative estimate of drug-likeness (QED) is 0.0968. The SMILES string of the molecule is COc1cc(N2CCC(N3CCN(CCCc4cccc5c4CN(C4CCCNC4)C5=C=O)CC3)CC2)ccc1Nc1ncc(Cl)c(Nc2ccccc2P(C)(C)=O)n1. The first-order valence-corrected chi connectivity index (χ1v) is 24.1. The summed E-state index contributed by atoms with van der Waals surface area (Å²) in [6.07, 6.45) is 8.26. The molecule has 1 atom stereocenters. The molecule has 8 rings (SSSR count). The second kappa shape index (κ2) is 18.5. The van der Waals surface area contributed by atoms with Crippen LogP contribution < -0.4 is 30.9 Å². The highest BCUT2D eigenvalue weighted by Gasteiger charge is 2.33. The largest absolute Gasteiger partial charge is 0.494 e. The molecule has 3 fully saturated rings. The number of carbonyl (C=O) groups excluding carboxylic acids is 1. The number of hydrogen-bond acceptors (Lipinski definition) is 12. The third kappa shape index (κ3) is 9.49. The molecule has 14 heteroatoms. The van der Waals surface area contributed by atoms with Gasteiger partial charge in [0.1, 0.15) is 23.6 Å². The van der Waals surface area contributed by atoms with E-state index < -0.39 is 7.14 Å². The zero-order valence-electron chi connectivity index (χ0n) is 34.6. The fourth-order valence-corrected chi connectivity index (χ4v) is 10.6. The molecule has 0 saturated carbocycles. The van der Waals surface area contributed by atoms with E-state index in [-0.39, 0.29) is 0 Å². The Morgan fingerprint density at radius 2 is 1.76 bits per heavy atom. The van der Waals surface area contributed by atoms with Crippen molar-refractivity contribution < 1.29 is 14.1 Å². The van der Waals surface area contributed by atoms with Crippen molar-refractivity contribution in [3.63, 3.8) is 0 Å². The summed E-state index contributed by atoms with van der Waals surface area (Å²) in [5, 5.41) is 11.2. The number of rotatable bonds is 13. The lowest BCUT2D eigenvalue weighted by Crippen LogP contribution is -2.53. The van der Waals surface area contributed by atoms with Crippen LogP contribution in [0.3, 0.4) is 0 Å². The number of benzene rings is 3. The van der Waals surface area contributed by atoms with E-state index in [1.807, 2.05) is 30.3 Å². The third-order valence-corrected chi connectivity index (χ3v) is 14.4. The number of nitrogens with zero attached hydrogens (tertiary/aromatic N) is 6. The molecule has 0 radical (unpaired) electrons. The number of anilines is 5. The average molecular weight is 838 g/mol. The first kappa shape index (κ1) is 41.3. The van der Waals surface area contributed by atoms with Crippen molar-refractivity contribution >= 4 is 64.5 Å². The molecule has 59 heavy (non-hydrogen) atoms. The molecule has 12 nitrogen and oxygen atoms in total. The normalized spacial score (nSPS) is 19.4. The summed E-state index contributed by atoms with van der Waals surface area (Å²) in [6.45, 7) is 13.9. The van der Waals surface area contributed by atoms with Gasteiger partial charge in [0.15, 0.2) is 11.8 Å². The van der Waals surface area contributed by atoms with Crippen LogP contribution in [0.15, 0.2) is 66.9 Å². The summed E-state index contributed by atoms with van der Waals surface area (Å²) in [5.74, 6) is 3.79. The molecule has 3 aromatic carbocycles. The molecule has 0 amide bonds. The minimum absolute atomic E-state index is 0.357. The summed E-state index contributed by atoms with van der Waals surface area (Å²) in [6, 6.07) is 21.2. The Kier molecular flexibility index (Phi) is 12.9. The standard InChI is InChI=1S/C45H57ClN9O3P/c1-58-42-27-34(15-16-39(42)50-45-48-29-38(46)44(51-45)49-40-13-4-5-14-43(40)59(2,3)57)53-21-17-33(18-22-53)54-25-23-52(24-26-54)20-8-10-32-9-6-12-36-37(32)30-55(41(36)31-56)35-11-7-19-47-28-35/h4-6,9,12-16,27,29,33,35,47H,7-8,10-11,17-26,28,30H2,1-3H3,(H2,48,49,50,51). The molecule has 4 aromatic rings. The van der Waals surface area contributed by atoms with Gasteiger partial charge in [0.2, 0.25) is 5.95 Å².